The summed E-state index contributed by atoms with van der Waals surface area (Å²) in [5.74, 6) is 0.0617. The normalized spacial score (nSPS) is 14.4. The van der Waals surface area contributed by atoms with Crippen LogP contribution in [0.4, 0.5) is 0 Å². The highest BCUT2D eigenvalue weighted by Gasteiger charge is 2.24. The van der Waals surface area contributed by atoms with E-state index >= 15 is 0 Å². The Morgan fingerprint density at radius 3 is 2.14 bits per heavy atom. The third-order valence-electron chi connectivity index (χ3n) is 2.29. The summed E-state index contributed by atoms with van der Waals surface area (Å²) < 4.78 is 5.64. The minimum Gasteiger partial charge on any atom is -0.361 e. The summed E-state index contributed by atoms with van der Waals surface area (Å²) in [5.41, 5.74) is 5.59. The van der Waals surface area contributed by atoms with Crippen molar-refractivity contribution < 1.29 is 9.84 Å². The molecule has 0 aromatic rings. The van der Waals surface area contributed by atoms with Crippen LogP contribution in [0, 0.1) is 5.92 Å². The van der Waals surface area contributed by atoms with E-state index in [-0.39, 0.29) is 12.5 Å². The van der Waals surface area contributed by atoms with Crippen molar-refractivity contribution in [2.24, 2.45) is 11.7 Å². The number of hydrogen-bond acceptors (Lipinski definition) is 2. The lowest BCUT2D eigenvalue weighted by Gasteiger charge is -2.30. The maximum Gasteiger partial charge on any atom is 0.116 e. The first-order valence-corrected chi connectivity index (χ1v) is 5.59. The fourth-order valence-corrected chi connectivity index (χ4v) is 1.47. The van der Waals surface area contributed by atoms with E-state index in [1.807, 2.05) is 6.92 Å². The van der Waals surface area contributed by atoms with Crippen LogP contribution in [-0.4, -0.2) is 18.9 Å². The Bertz CT molecular complexity index is 133. The average Bonchev–Trinajstić information content (AvgIpc) is 2.15. The van der Waals surface area contributed by atoms with Crippen LogP contribution in [0.15, 0.2) is 0 Å². The topological polar surface area (TPSA) is 55.1 Å². The van der Waals surface area contributed by atoms with Gasteiger partial charge in [0.2, 0.25) is 0 Å². The van der Waals surface area contributed by atoms with E-state index in [0.717, 1.165) is 25.7 Å². The van der Waals surface area contributed by atoms with Gasteiger partial charge in [-0.15, -0.1) is 0 Å². The van der Waals surface area contributed by atoms with Crippen molar-refractivity contribution in [3.05, 3.63) is 0 Å². The Morgan fingerprint density at radius 1 is 1.29 bits per heavy atom. The SMILES string of the molecule is CCCC(N)(CCC)OCC(C)C[O]. The van der Waals surface area contributed by atoms with E-state index in [1.54, 1.807) is 0 Å². The summed E-state index contributed by atoms with van der Waals surface area (Å²) >= 11 is 0. The van der Waals surface area contributed by atoms with Crippen LogP contribution in [-0.2, 0) is 9.84 Å². The first-order chi connectivity index (χ1) is 6.58. The van der Waals surface area contributed by atoms with Crippen molar-refractivity contribution in [3.8, 4) is 0 Å². The zero-order valence-corrected chi connectivity index (χ0v) is 9.71. The second-order valence-electron chi connectivity index (χ2n) is 4.15. The molecular formula is C11H24NO2. The Labute approximate surface area is 87.6 Å². The Morgan fingerprint density at radius 2 is 1.79 bits per heavy atom. The van der Waals surface area contributed by atoms with Crippen molar-refractivity contribution >= 4 is 0 Å². The van der Waals surface area contributed by atoms with Crippen LogP contribution in [0.5, 0.6) is 0 Å². The van der Waals surface area contributed by atoms with Crippen LogP contribution in [0.3, 0.4) is 0 Å². The fourth-order valence-electron chi connectivity index (χ4n) is 1.47. The van der Waals surface area contributed by atoms with Crippen molar-refractivity contribution in [1.29, 1.82) is 0 Å². The van der Waals surface area contributed by atoms with E-state index in [2.05, 4.69) is 13.8 Å². The predicted molar refractivity (Wildman–Crippen MR) is 57.4 cm³/mol. The Balaban J connectivity index is 3.94. The van der Waals surface area contributed by atoms with Gasteiger partial charge < -0.3 is 10.5 Å². The number of nitrogens with two attached hydrogens (primary N) is 1. The molecule has 3 nitrogen and oxygen atoms in total. The van der Waals surface area contributed by atoms with Crippen LogP contribution in [0.1, 0.15) is 46.5 Å². The zero-order valence-electron chi connectivity index (χ0n) is 9.71. The standard InChI is InChI=1S/C11H24NO2/c1-4-6-11(12,7-5-2)14-9-10(3)8-13/h10H,4-9,12H2,1-3H3. The number of rotatable bonds is 8. The summed E-state index contributed by atoms with van der Waals surface area (Å²) in [7, 11) is 0. The van der Waals surface area contributed by atoms with Gasteiger partial charge in [-0.1, -0.05) is 33.6 Å². The Kier molecular flexibility index (Phi) is 7.15. The maximum atomic E-state index is 10.5. The molecule has 0 aliphatic heterocycles. The molecule has 0 fully saturated rings. The largest absolute Gasteiger partial charge is 0.361 e. The highest BCUT2D eigenvalue weighted by Crippen LogP contribution is 2.19. The molecule has 3 heteroatoms. The monoisotopic (exact) mass is 202 g/mol. The van der Waals surface area contributed by atoms with E-state index in [4.69, 9.17) is 10.5 Å². The molecule has 2 N–H and O–H groups in total. The quantitative estimate of drug-likeness (QED) is 0.614. The minimum atomic E-state index is -0.507. The second-order valence-corrected chi connectivity index (χ2v) is 4.15. The summed E-state index contributed by atoms with van der Waals surface area (Å²) in [6.45, 7) is 6.48. The van der Waals surface area contributed by atoms with Gasteiger partial charge in [0.25, 0.3) is 0 Å². The van der Waals surface area contributed by atoms with Gasteiger partial charge in [-0.25, -0.2) is 5.11 Å². The van der Waals surface area contributed by atoms with E-state index in [0.29, 0.717) is 6.61 Å². The van der Waals surface area contributed by atoms with E-state index in [1.165, 1.54) is 0 Å². The molecule has 0 saturated carbocycles. The first-order valence-electron chi connectivity index (χ1n) is 5.59. The molecule has 0 spiro atoms. The van der Waals surface area contributed by atoms with Gasteiger partial charge in [-0.2, -0.15) is 0 Å². The third kappa shape index (κ3) is 5.58. The smallest absolute Gasteiger partial charge is 0.116 e. The lowest BCUT2D eigenvalue weighted by molar-refractivity contribution is -0.0752. The molecule has 0 aromatic carbocycles. The molecule has 1 unspecified atom stereocenters. The van der Waals surface area contributed by atoms with Crippen molar-refractivity contribution in [1.82, 2.24) is 0 Å². The number of hydrogen-bond donors (Lipinski definition) is 1. The van der Waals surface area contributed by atoms with E-state index < -0.39 is 5.72 Å². The van der Waals surface area contributed by atoms with Gasteiger partial charge in [-0.3, -0.25) is 0 Å². The van der Waals surface area contributed by atoms with E-state index in [9.17, 15) is 5.11 Å². The average molecular weight is 202 g/mol. The van der Waals surface area contributed by atoms with Gasteiger partial charge in [-0.05, 0) is 12.8 Å². The molecule has 85 valence electrons. The molecule has 0 aliphatic carbocycles. The molecule has 0 saturated heterocycles. The molecule has 0 aromatic heterocycles. The minimum absolute atomic E-state index is 0.0617. The summed E-state index contributed by atoms with van der Waals surface area (Å²) in [6, 6.07) is 0. The molecule has 0 rings (SSSR count). The molecule has 1 atom stereocenters. The van der Waals surface area contributed by atoms with Crippen LogP contribution in [0.25, 0.3) is 0 Å². The van der Waals surface area contributed by atoms with Gasteiger partial charge in [0.1, 0.15) is 5.72 Å². The van der Waals surface area contributed by atoms with Gasteiger partial charge >= 0.3 is 0 Å². The lowest BCUT2D eigenvalue weighted by Crippen LogP contribution is -2.43. The molecule has 0 bridgehead atoms. The maximum absolute atomic E-state index is 10.5. The molecular weight excluding hydrogens is 178 g/mol. The number of ether oxygens (including phenoxy) is 1. The third-order valence-corrected chi connectivity index (χ3v) is 2.29. The lowest BCUT2D eigenvalue weighted by atomic mass is 10.0. The highest BCUT2D eigenvalue weighted by atomic mass is 16.5. The molecule has 0 heterocycles. The predicted octanol–water partition coefficient (Wildman–Crippen LogP) is 2.32. The summed E-state index contributed by atoms with van der Waals surface area (Å²) in [5, 5.41) is 10.5. The second kappa shape index (κ2) is 7.21. The van der Waals surface area contributed by atoms with Gasteiger partial charge in [0.15, 0.2) is 0 Å². The first kappa shape index (κ1) is 13.9. The Hall–Kier alpha value is -0.120. The molecule has 1 radical (unpaired) electrons. The summed E-state index contributed by atoms with van der Waals surface area (Å²) in [6.07, 6.45) is 3.77. The molecule has 0 aliphatic rings. The molecule has 14 heavy (non-hydrogen) atoms. The van der Waals surface area contributed by atoms with Crippen LogP contribution in [0.2, 0.25) is 0 Å². The van der Waals surface area contributed by atoms with Crippen LogP contribution < -0.4 is 5.73 Å². The summed E-state index contributed by atoms with van der Waals surface area (Å²) in [4.78, 5) is 0. The fraction of sp³-hybridized carbons (Fsp3) is 1.00. The van der Waals surface area contributed by atoms with Gasteiger partial charge in [0, 0.05) is 5.92 Å². The zero-order chi connectivity index (χ0) is 11.0. The van der Waals surface area contributed by atoms with Crippen molar-refractivity contribution in [2.75, 3.05) is 13.2 Å². The van der Waals surface area contributed by atoms with Crippen molar-refractivity contribution in [3.63, 3.8) is 0 Å². The van der Waals surface area contributed by atoms with Crippen LogP contribution >= 0.6 is 0 Å². The highest BCUT2D eigenvalue weighted by molar-refractivity contribution is 4.72. The van der Waals surface area contributed by atoms with Crippen molar-refractivity contribution in [2.45, 2.75) is 52.2 Å². The molecule has 0 amide bonds. The van der Waals surface area contributed by atoms with Gasteiger partial charge in [0.05, 0.1) is 13.2 Å².